The minimum Gasteiger partial charge on any atom is -0.381 e. The predicted molar refractivity (Wildman–Crippen MR) is 59.8 cm³/mol. The number of halogens is 4. The van der Waals surface area contributed by atoms with Gasteiger partial charge in [-0.2, -0.15) is 13.2 Å². The molecule has 5 heteroatoms. The maximum absolute atomic E-state index is 12.6. The molecule has 1 aromatic rings. The molecule has 0 heterocycles. The van der Waals surface area contributed by atoms with E-state index in [4.69, 9.17) is 11.6 Å². The van der Waals surface area contributed by atoms with Crippen LogP contribution in [0.1, 0.15) is 12.5 Å². The van der Waals surface area contributed by atoms with E-state index in [2.05, 4.69) is 5.32 Å². The summed E-state index contributed by atoms with van der Waals surface area (Å²) >= 11 is 5.54. The molecule has 0 bridgehead atoms. The fourth-order valence-corrected chi connectivity index (χ4v) is 1.36. The minimum atomic E-state index is -4.40. The van der Waals surface area contributed by atoms with Crippen LogP contribution in [0.5, 0.6) is 0 Å². The summed E-state index contributed by atoms with van der Waals surface area (Å²) in [5, 5.41) is 2.76. The second-order valence-corrected chi connectivity index (χ2v) is 3.57. The van der Waals surface area contributed by atoms with Crippen LogP contribution < -0.4 is 5.32 Å². The molecule has 0 aliphatic rings. The second-order valence-electron chi connectivity index (χ2n) is 3.14. The van der Waals surface area contributed by atoms with Crippen molar-refractivity contribution in [2.24, 2.45) is 0 Å². The first kappa shape index (κ1) is 12.9. The summed E-state index contributed by atoms with van der Waals surface area (Å²) in [5.74, 6) is 0. The summed E-state index contributed by atoms with van der Waals surface area (Å²) in [4.78, 5) is 0. The highest BCUT2D eigenvalue weighted by molar-refractivity contribution is 6.30. The van der Waals surface area contributed by atoms with Crippen molar-refractivity contribution in [1.29, 1.82) is 0 Å². The van der Waals surface area contributed by atoms with Gasteiger partial charge in [0.1, 0.15) is 0 Å². The Morgan fingerprint density at radius 3 is 2.62 bits per heavy atom. The Hall–Kier alpha value is -1.16. The number of alkyl halides is 3. The molecule has 1 N–H and O–H groups in total. The van der Waals surface area contributed by atoms with Gasteiger partial charge in [-0.05, 0) is 25.1 Å². The maximum Gasteiger partial charge on any atom is 0.418 e. The first-order valence-electron chi connectivity index (χ1n) is 4.67. The van der Waals surface area contributed by atoms with Crippen LogP contribution in [0, 0.1) is 0 Å². The van der Waals surface area contributed by atoms with Gasteiger partial charge in [0, 0.05) is 17.3 Å². The van der Waals surface area contributed by atoms with Crippen LogP contribution in [0.2, 0.25) is 5.02 Å². The van der Waals surface area contributed by atoms with Gasteiger partial charge < -0.3 is 5.32 Å². The highest BCUT2D eigenvalue weighted by atomic mass is 35.5. The van der Waals surface area contributed by atoms with Crippen molar-refractivity contribution in [2.75, 3.05) is 11.9 Å². The van der Waals surface area contributed by atoms with Crippen LogP contribution in [-0.2, 0) is 6.18 Å². The lowest BCUT2D eigenvalue weighted by Gasteiger charge is -2.13. The Morgan fingerprint density at radius 1 is 1.38 bits per heavy atom. The molecule has 0 aliphatic heterocycles. The van der Waals surface area contributed by atoms with E-state index in [1.807, 2.05) is 0 Å². The molecule has 0 fully saturated rings. The molecule has 0 unspecified atom stereocenters. The molecular weight excluding hydrogens is 239 g/mol. The van der Waals surface area contributed by atoms with Crippen molar-refractivity contribution in [1.82, 2.24) is 0 Å². The van der Waals surface area contributed by atoms with Gasteiger partial charge in [0.25, 0.3) is 0 Å². The lowest BCUT2D eigenvalue weighted by atomic mass is 10.1. The van der Waals surface area contributed by atoms with E-state index >= 15 is 0 Å². The monoisotopic (exact) mass is 249 g/mol. The number of hydrogen-bond acceptors (Lipinski definition) is 1. The standard InChI is InChI=1S/C11H11ClF3N/c1-2-3-6-16-10-5-4-8(12)7-9(10)11(13,14)15/h2-5,7,16H,6H2,1H3/b3-2+. The summed E-state index contributed by atoms with van der Waals surface area (Å²) < 4.78 is 37.9. The summed E-state index contributed by atoms with van der Waals surface area (Å²) in [6.07, 6.45) is -0.909. The zero-order chi connectivity index (χ0) is 12.2. The maximum atomic E-state index is 12.6. The van der Waals surface area contributed by atoms with Crippen LogP contribution in [0.15, 0.2) is 30.4 Å². The Morgan fingerprint density at radius 2 is 2.06 bits per heavy atom. The number of anilines is 1. The van der Waals surface area contributed by atoms with Gasteiger partial charge in [-0.25, -0.2) is 0 Å². The molecule has 1 nitrogen and oxygen atoms in total. The van der Waals surface area contributed by atoms with Crippen molar-refractivity contribution in [3.8, 4) is 0 Å². The fraction of sp³-hybridized carbons (Fsp3) is 0.273. The topological polar surface area (TPSA) is 12.0 Å². The SMILES string of the molecule is C/C=C/CNc1ccc(Cl)cc1C(F)(F)F. The molecule has 0 aliphatic carbocycles. The van der Waals surface area contributed by atoms with Crippen molar-refractivity contribution < 1.29 is 13.2 Å². The first-order chi connectivity index (χ1) is 7.45. The average molecular weight is 250 g/mol. The Balaban J connectivity index is 2.99. The molecule has 0 aromatic heterocycles. The molecule has 0 atom stereocenters. The quantitative estimate of drug-likeness (QED) is 0.786. The van der Waals surface area contributed by atoms with E-state index in [9.17, 15) is 13.2 Å². The number of hydrogen-bond donors (Lipinski definition) is 1. The third-order valence-electron chi connectivity index (χ3n) is 1.93. The summed E-state index contributed by atoms with van der Waals surface area (Å²) in [7, 11) is 0. The molecule has 1 rings (SSSR count). The van der Waals surface area contributed by atoms with E-state index in [0.29, 0.717) is 6.54 Å². The lowest BCUT2D eigenvalue weighted by molar-refractivity contribution is -0.136. The van der Waals surface area contributed by atoms with Crippen LogP contribution >= 0.6 is 11.6 Å². The van der Waals surface area contributed by atoms with E-state index in [1.165, 1.54) is 12.1 Å². The number of benzene rings is 1. The van der Waals surface area contributed by atoms with E-state index in [0.717, 1.165) is 6.07 Å². The molecular formula is C11H11ClF3N. The summed E-state index contributed by atoms with van der Waals surface area (Å²) in [5.41, 5.74) is -0.709. The van der Waals surface area contributed by atoms with Crippen LogP contribution in [0.25, 0.3) is 0 Å². The molecule has 0 saturated carbocycles. The molecule has 16 heavy (non-hydrogen) atoms. The van der Waals surface area contributed by atoms with Gasteiger partial charge in [-0.15, -0.1) is 0 Å². The van der Waals surface area contributed by atoms with E-state index in [-0.39, 0.29) is 10.7 Å². The normalized spacial score (nSPS) is 12.1. The van der Waals surface area contributed by atoms with Gasteiger partial charge in [0.05, 0.1) is 5.56 Å². The molecule has 0 radical (unpaired) electrons. The number of rotatable bonds is 3. The van der Waals surface area contributed by atoms with Gasteiger partial charge in [-0.3, -0.25) is 0 Å². The lowest BCUT2D eigenvalue weighted by Crippen LogP contribution is -2.10. The highest BCUT2D eigenvalue weighted by Crippen LogP contribution is 2.36. The van der Waals surface area contributed by atoms with Crippen LogP contribution in [-0.4, -0.2) is 6.54 Å². The van der Waals surface area contributed by atoms with Crippen molar-refractivity contribution in [3.05, 3.63) is 40.9 Å². The molecule has 1 aromatic carbocycles. The van der Waals surface area contributed by atoms with Gasteiger partial charge in [0.2, 0.25) is 0 Å². The largest absolute Gasteiger partial charge is 0.418 e. The van der Waals surface area contributed by atoms with E-state index < -0.39 is 11.7 Å². The zero-order valence-electron chi connectivity index (χ0n) is 8.61. The molecule has 0 saturated heterocycles. The number of nitrogens with one attached hydrogen (secondary N) is 1. The summed E-state index contributed by atoms with van der Waals surface area (Å²) in [6, 6.07) is 3.67. The van der Waals surface area contributed by atoms with Crippen LogP contribution in [0.4, 0.5) is 18.9 Å². The Labute approximate surface area is 96.9 Å². The highest BCUT2D eigenvalue weighted by Gasteiger charge is 2.33. The fourth-order valence-electron chi connectivity index (χ4n) is 1.19. The summed E-state index contributed by atoms with van der Waals surface area (Å²) in [6.45, 7) is 2.15. The van der Waals surface area contributed by atoms with Crippen molar-refractivity contribution >= 4 is 17.3 Å². The first-order valence-corrected chi connectivity index (χ1v) is 5.04. The Bertz CT molecular complexity index is 385. The predicted octanol–water partition coefficient (Wildman–Crippen LogP) is 4.35. The number of allylic oxidation sites excluding steroid dienone is 1. The molecule has 0 spiro atoms. The van der Waals surface area contributed by atoms with E-state index in [1.54, 1.807) is 19.1 Å². The third kappa shape index (κ3) is 3.45. The second kappa shape index (κ2) is 5.25. The van der Waals surface area contributed by atoms with Gasteiger partial charge >= 0.3 is 6.18 Å². The molecule has 88 valence electrons. The average Bonchev–Trinajstić information content (AvgIpc) is 2.19. The smallest absolute Gasteiger partial charge is 0.381 e. The molecule has 0 amide bonds. The zero-order valence-corrected chi connectivity index (χ0v) is 9.36. The third-order valence-corrected chi connectivity index (χ3v) is 2.17. The van der Waals surface area contributed by atoms with Crippen molar-refractivity contribution in [2.45, 2.75) is 13.1 Å². The van der Waals surface area contributed by atoms with Gasteiger partial charge in [-0.1, -0.05) is 23.8 Å². The van der Waals surface area contributed by atoms with Gasteiger partial charge in [0.15, 0.2) is 0 Å². The van der Waals surface area contributed by atoms with Crippen molar-refractivity contribution in [3.63, 3.8) is 0 Å². The van der Waals surface area contributed by atoms with Crippen LogP contribution in [0.3, 0.4) is 0 Å². The minimum absolute atomic E-state index is 0.0370. The Kier molecular flexibility index (Phi) is 4.24.